The van der Waals surface area contributed by atoms with Gasteiger partial charge >= 0.3 is 0 Å². The summed E-state index contributed by atoms with van der Waals surface area (Å²) in [5, 5.41) is 0. The monoisotopic (exact) mass is 199 g/mol. The first kappa shape index (κ1) is 11.7. The number of hydrogen-bond acceptors (Lipinski definition) is 3. The van der Waals surface area contributed by atoms with Gasteiger partial charge in [-0.1, -0.05) is 13.3 Å². The summed E-state index contributed by atoms with van der Waals surface area (Å²) in [7, 11) is 0. The highest BCUT2D eigenvalue weighted by molar-refractivity contribution is 5.86. The molecule has 0 radical (unpaired) electrons. The van der Waals surface area contributed by atoms with Gasteiger partial charge in [0.2, 0.25) is 0 Å². The van der Waals surface area contributed by atoms with Gasteiger partial charge in [0, 0.05) is 11.5 Å². The molecule has 1 fully saturated rings. The largest absolute Gasteiger partial charge is 0.371 e. The first-order valence-electron chi connectivity index (χ1n) is 5.37. The summed E-state index contributed by atoms with van der Waals surface area (Å²) >= 11 is 0. The van der Waals surface area contributed by atoms with Crippen molar-refractivity contribution in [2.45, 2.75) is 52.2 Å². The summed E-state index contributed by atoms with van der Waals surface area (Å²) in [6, 6.07) is 0.0192. The van der Waals surface area contributed by atoms with Crippen LogP contribution in [-0.2, 0) is 9.53 Å². The summed E-state index contributed by atoms with van der Waals surface area (Å²) < 4.78 is 5.32. The molecule has 0 aromatic carbocycles. The van der Waals surface area contributed by atoms with Crippen molar-refractivity contribution in [1.82, 2.24) is 0 Å². The number of ether oxygens (including phenoxy) is 1. The number of rotatable bonds is 4. The normalized spacial score (nSPS) is 32.5. The summed E-state index contributed by atoms with van der Waals surface area (Å²) in [5.74, 6) is 0.163. The molecule has 0 heterocycles. The lowest BCUT2D eigenvalue weighted by atomic mass is 9.81. The lowest BCUT2D eigenvalue weighted by Gasteiger charge is -2.27. The van der Waals surface area contributed by atoms with Crippen LogP contribution in [0.15, 0.2) is 0 Å². The van der Waals surface area contributed by atoms with Gasteiger partial charge in [-0.25, -0.2) is 0 Å². The minimum absolute atomic E-state index is 0.0192. The maximum absolute atomic E-state index is 11.9. The standard InChI is InChI=1S/C11H21NO2/c1-8(2)14-7-10(13)11(3)6-4-5-9(11)12/h8-9H,4-7,12H2,1-3H3. The Balaban J connectivity index is 2.50. The first-order chi connectivity index (χ1) is 6.47. The SMILES string of the molecule is CC(C)OCC(=O)C1(C)CCCC1N. The van der Waals surface area contributed by atoms with Crippen molar-refractivity contribution in [3.63, 3.8) is 0 Å². The average Bonchev–Trinajstić information content (AvgIpc) is 2.44. The van der Waals surface area contributed by atoms with E-state index < -0.39 is 0 Å². The van der Waals surface area contributed by atoms with Crippen LogP contribution < -0.4 is 5.73 Å². The maximum atomic E-state index is 11.9. The molecule has 1 rings (SSSR count). The fourth-order valence-corrected chi connectivity index (χ4v) is 1.95. The zero-order valence-electron chi connectivity index (χ0n) is 9.38. The number of carbonyl (C=O) groups is 1. The molecule has 82 valence electrons. The minimum Gasteiger partial charge on any atom is -0.371 e. The Morgan fingerprint density at radius 3 is 2.71 bits per heavy atom. The summed E-state index contributed by atoms with van der Waals surface area (Å²) in [6.07, 6.45) is 3.05. The van der Waals surface area contributed by atoms with Gasteiger partial charge in [-0.15, -0.1) is 0 Å². The lowest BCUT2D eigenvalue weighted by Crippen LogP contribution is -2.43. The Bertz CT molecular complexity index is 215. The molecule has 0 amide bonds. The second-order valence-corrected chi connectivity index (χ2v) is 4.70. The third-order valence-corrected chi connectivity index (χ3v) is 3.21. The molecule has 0 aromatic heterocycles. The van der Waals surface area contributed by atoms with Gasteiger partial charge in [0.05, 0.1) is 6.10 Å². The van der Waals surface area contributed by atoms with Crippen molar-refractivity contribution in [3.8, 4) is 0 Å². The van der Waals surface area contributed by atoms with Crippen molar-refractivity contribution in [1.29, 1.82) is 0 Å². The molecule has 2 unspecified atom stereocenters. The van der Waals surface area contributed by atoms with Gasteiger partial charge in [0.25, 0.3) is 0 Å². The van der Waals surface area contributed by atoms with Gasteiger partial charge < -0.3 is 10.5 Å². The third kappa shape index (κ3) is 2.34. The smallest absolute Gasteiger partial charge is 0.165 e. The Labute approximate surface area is 86.0 Å². The van der Waals surface area contributed by atoms with Gasteiger partial charge in [-0.2, -0.15) is 0 Å². The first-order valence-corrected chi connectivity index (χ1v) is 5.37. The third-order valence-electron chi connectivity index (χ3n) is 3.21. The minimum atomic E-state index is -0.338. The van der Waals surface area contributed by atoms with E-state index in [1.807, 2.05) is 20.8 Å². The lowest BCUT2D eigenvalue weighted by molar-refractivity contribution is -0.134. The molecule has 2 N–H and O–H groups in total. The van der Waals surface area contributed by atoms with Crippen LogP contribution in [0.25, 0.3) is 0 Å². The van der Waals surface area contributed by atoms with E-state index in [0.717, 1.165) is 19.3 Å². The van der Waals surface area contributed by atoms with E-state index in [2.05, 4.69) is 0 Å². The fourth-order valence-electron chi connectivity index (χ4n) is 1.95. The van der Waals surface area contributed by atoms with Gasteiger partial charge in [-0.3, -0.25) is 4.79 Å². The average molecular weight is 199 g/mol. The Kier molecular flexibility index (Phi) is 3.67. The molecule has 0 saturated heterocycles. The predicted molar refractivity (Wildman–Crippen MR) is 56.0 cm³/mol. The van der Waals surface area contributed by atoms with E-state index in [0.29, 0.717) is 0 Å². The van der Waals surface area contributed by atoms with E-state index in [-0.39, 0.29) is 30.0 Å². The molecule has 0 spiro atoms. The van der Waals surface area contributed by atoms with Crippen molar-refractivity contribution in [3.05, 3.63) is 0 Å². The summed E-state index contributed by atoms with van der Waals surface area (Å²) in [4.78, 5) is 11.9. The van der Waals surface area contributed by atoms with Crippen LogP contribution in [0.2, 0.25) is 0 Å². The molecule has 3 nitrogen and oxygen atoms in total. The maximum Gasteiger partial charge on any atom is 0.165 e. The molecule has 3 heteroatoms. The van der Waals surface area contributed by atoms with Crippen LogP contribution in [0.1, 0.15) is 40.0 Å². The van der Waals surface area contributed by atoms with E-state index in [9.17, 15) is 4.79 Å². The number of Topliss-reactive ketones (excluding diaryl/α,β-unsaturated/α-hetero) is 1. The van der Waals surface area contributed by atoms with E-state index in [1.165, 1.54) is 0 Å². The molecular formula is C11H21NO2. The predicted octanol–water partition coefficient (Wildman–Crippen LogP) is 1.50. The number of nitrogens with two attached hydrogens (primary N) is 1. The number of ketones is 1. The highest BCUT2D eigenvalue weighted by Crippen LogP contribution is 2.37. The Morgan fingerprint density at radius 1 is 1.64 bits per heavy atom. The highest BCUT2D eigenvalue weighted by Gasteiger charge is 2.42. The molecule has 14 heavy (non-hydrogen) atoms. The van der Waals surface area contributed by atoms with Crippen molar-refractivity contribution in [2.75, 3.05) is 6.61 Å². The fraction of sp³-hybridized carbons (Fsp3) is 0.909. The Morgan fingerprint density at radius 2 is 2.29 bits per heavy atom. The topological polar surface area (TPSA) is 52.3 Å². The van der Waals surface area contributed by atoms with Gasteiger partial charge in [0.15, 0.2) is 5.78 Å². The zero-order valence-corrected chi connectivity index (χ0v) is 9.38. The molecule has 0 bridgehead atoms. The van der Waals surface area contributed by atoms with Crippen LogP contribution in [0, 0.1) is 5.41 Å². The molecule has 1 aliphatic carbocycles. The van der Waals surface area contributed by atoms with Gasteiger partial charge in [-0.05, 0) is 26.7 Å². The van der Waals surface area contributed by atoms with Crippen LogP contribution in [-0.4, -0.2) is 24.5 Å². The van der Waals surface area contributed by atoms with Crippen LogP contribution in [0.5, 0.6) is 0 Å². The van der Waals surface area contributed by atoms with Crippen LogP contribution >= 0.6 is 0 Å². The molecular weight excluding hydrogens is 178 g/mol. The molecule has 2 atom stereocenters. The van der Waals surface area contributed by atoms with Crippen molar-refractivity contribution < 1.29 is 9.53 Å². The summed E-state index contributed by atoms with van der Waals surface area (Å²) in [6.45, 7) is 6.05. The summed E-state index contributed by atoms with van der Waals surface area (Å²) in [5.41, 5.74) is 5.61. The van der Waals surface area contributed by atoms with Crippen LogP contribution in [0.4, 0.5) is 0 Å². The molecule has 0 aromatic rings. The zero-order chi connectivity index (χ0) is 10.8. The van der Waals surface area contributed by atoms with E-state index >= 15 is 0 Å². The number of carbonyl (C=O) groups excluding carboxylic acids is 1. The molecule has 1 saturated carbocycles. The van der Waals surface area contributed by atoms with Crippen LogP contribution in [0.3, 0.4) is 0 Å². The number of hydrogen-bond donors (Lipinski definition) is 1. The van der Waals surface area contributed by atoms with Gasteiger partial charge in [0.1, 0.15) is 6.61 Å². The second kappa shape index (κ2) is 4.41. The van der Waals surface area contributed by atoms with E-state index in [1.54, 1.807) is 0 Å². The second-order valence-electron chi connectivity index (χ2n) is 4.70. The van der Waals surface area contributed by atoms with Crippen molar-refractivity contribution >= 4 is 5.78 Å². The van der Waals surface area contributed by atoms with Crippen molar-refractivity contribution in [2.24, 2.45) is 11.1 Å². The highest BCUT2D eigenvalue weighted by atomic mass is 16.5. The molecule has 0 aliphatic heterocycles. The quantitative estimate of drug-likeness (QED) is 0.746. The molecule has 1 aliphatic rings. The Hall–Kier alpha value is -0.410. The van der Waals surface area contributed by atoms with E-state index in [4.69, 9.17) is 10.5 Å².